The summed E-state index contributed by atoms with van der Waals surface area (Å²) >= 11 is 12.9. The Balaban J connectivity index is 2.12. The molecule has 19 heavy (non-hydrogen) atoms. The molecule has 0 spiro atoms. The van der Waals surface area contributed by atoms with Gasteiger partial charge in [-0.15, -0.1) is 11.3 Å². The smallest absolute Gasteiger partial charge is 0.265 e. The first-order valence-electron chi connectivity index (χ1n) is 5.13. The molecule has 98 valence electrons. The first-order valence-corrected chi connectivity index (χ1v) is 7.94. The molecule has 0 aliphatic heterocycles. The molecule has 7 heteroatoms. The summed E-state index contributed by atoms with van der Waals surface area (Å²) in [5.74, 6) is -0.153. The van der Waals surface area contributed by atoms with Crippen molar-refractivity contribution in [3.63, 3.8) is 0 Å². The van der Waals surface area contributed by atoms with E-state index in [4.69, 9.17) is 18.0 Å². The molecular weight excluding hydrogens is 412 g/mol. The molecule has 3 N–H and O–H groups in total. The molecule has 2 rings (SSSR count). The Labute approximate surface area is 136 Å². The molecule has 0 fully saturated rings. The van der Waals surface area contributed by atoms with Crippen molar-refractivity contribution in [3.8, 4) is 0 Å². The van der Waals surface area contributed by atoms with Crippen LogP contribution in [-0.2, 0) is 0 Å². The van der Waals surface area contributed by atoms with Crippen LogP contribution in [-0.4, -0.2) is 10.9 Å². The highest BCUT2D eigenvalue weighted by Crippen LogP contribution is 2.32. The van der Waals surface area contributed by atoms with E-state index in [1.807, 2.05) is 0 Å². The Hall–Kier alpha value is -0.760. The number of halogens is 2. The van der Waals surface area contributed by atoms with Crippen molar-refractivity contribution in [1.82, 2.24) is 0 Å². The fourth-order valence-corrected chi connectivity index (χ4v) is 3.44. The molecule has 0 saturated heterocycles. The summed E-state index contributed by atoms with van der Waals surface area (Å²) in [4.78, 5) is 13.0. The Morgan fingerprint density at radius 1 is 1.26 bits per heavy atom. The van der Waals surface area contributed by atoms with E-state index in [2.05, 4.69) is 37.2 Å². The molecule has 1 heterocycles. The number of carbonyl (C=O) groups excluding carboxylic acids is 1. The van der Waals surface area contributed by atoms with Crippen molar-refractivity contribution < 1.29 is 4.79 Å². The van der Waals surface area contributed by atoms with Gasteiger partial charge in [0.2, 0.25) is 0 Å². The molecule has 0 aliphatic carbocycles. The molecule has 1 amide bonds. The minimum absolute atomic E-state index is 0.153. The molecule has 0 aliphatic rings. The molecule has 1 aromatic heterocycles. The van der Waals surface area contributed by atoms with Gasteiger partial charge in [-0.2, -0.15) is 0 Å². The van der Waals surface area contributed by atoms with Crippen molar-refractivity contribution in [1.29, 1.82) is 0 Å². The van der Waals surface area contributed by atoms with Crippen LogP contribution in [0, 0.1) is 0 Å². The zero-order valence-electron chi connectivity index (χ0n) is 9.44. The van der Waals surface area contributed by atoms with Crippen LogP contribution < -0.4 is 11.1 Å². The van der Waals surface area contributed by atoms with Crippen molar-refractivity contribution in [2.24, 2.45) is 5.73 Å². The summed E-state index contributed by atoms with van der Waals surface area (Å²) in [5.41, 5.74) is 6.98. The van der Waals surface area contributed by atoms with Crippen molar-refractivity contribution >= 4 is 72.0 Å². The van der Waals surface area contributed by atoms with Gasteiger partial charge in [0.15, 0.2) is 0 Å². The summed E-state index contributed by atoms with van der Waals surface area (Å²) in [7, 11) is 0. The van der Waals surface area contributed by atoms with Crippen LogP contribution in [0.4, 0.5) is 5.69 Å². The number of hydrogen-bond donors (Lipinski definition) is 2. The van der Waals surface area contributed by atoms with Gasteiger partial charge in [0.1, 0.15) is 4.99 Å². The molecule has 0 unspecified atom stereocenters. The first-order chi connectivity index (χ1) is 8.97. The van der Waals surface area contributed by atoms with Crippen molar-refractivity contribution in [2.75, 3.05) is 5.32 Å². The van der Waals surface area contributed by atoms with Gasteiger partial charge in [-0.3, -0.25) is 4.79 Å². The number of amides is 1. The lowest BCUT2D eigenvalue weighted by Gasteiger charge is -2.04. The Morgan fingerprint density at radius 3 is 2.37 bits per heavy atom. The quantitative estimate of drug-likeness (QED) is 0.734. The van der Waals surface area contributed by atoms with E-state index < -0.39 is 0 Å². The minimum atomic E-state index is -0.153. The van der Waals surface area contributed by atoms with Crippen LogP contribution in [0.1, 0.15) is 15.2 Å². The van der Waals surface area contributed by atoms with Gasteiger partial charge in [0, 0.05) is 15.7 Å². The maximum atomic E-state index is 12.0. The fourth-order valence-electron chi connectivity index (χ4n) is 1.37. The molecular formula is C12H8Br2N2OS2. The fraction of sp³-hybridized carbons (Fsp3) is 0. The van der Waals surface area contributed by atoms with Crippen LogP contribution in [0.3, 0.4) is 0 Å². The number of thiophene rings is 1. The van der Waals surface area contributed by atoms with E-state index in [0.29, 0.717) is 15.6 Å². The Morgan fingerprint density at radius 2 is 1.89 bits per heavy atom. The number of nitrogens with one attached hydrogen (secondary N) is 1. The van der Waals surface area contributed by atoms with Crippen LogP contribution >= 0.6 is 55.4 Å². The summed E-state index contributed by atoms with van der Waals surface area (Å²) in [6.07, 6.45) is 0. The third-order valence-electron chi connectivity index (χ3n) is 2.30. The predicted molar refractivity (Wildman–Crippen MR) is 90.0 cm³/mol. The highest BCUT2D eigenvalue weighted by Gasteiger charge is 2.12. The number of benzene rings is 1. The molecule has 0 radical (unpaired) electrons. The zero-order valence-corrected chi connectivity index (χ0v) is 14.2. The SMILES string of the molecule is NC(=S)c1ccc(NC(=O)c2cc(Br)c(Br)s2)cc1. The summed E-state index contributed by atoms with van der Waals surface area (Å²) in [5, 5.41) is 2.81. The topological polar surface area (TPSA) is 55.1 Å². The third-order valence-corrected chi connectivity index (χ3v) is 5.79. The number of nitrogens with two attached hydrogens (primary N) is 1. The van der Waals surface area contributed by atoms with E-state index in [1.165, 1.54) is 11.3 Å². The minimum Gasteiger partial charge on any atom is -0.389 e. The zero-order chi connectivity index (χ0) is 14.0. The van der Waals surface area contributed by atoms with Crippen LogP contribution in [0.15, 0.2) is 38.6 Å². The van der Waals surface area contributed by atoms with Gasteiger partial charge in [-0.1, -0.05) is 12.2 Å². The lowest BCUT2D eigenvalue weighted by Crippen LogP contribution is -2.11. The van der Waals surface area contributed by atoms with Crippen LogP contribution in [0.25, 0.3) is 0 Å². The lowest BCUT2D eigenvalue weighted by molar-refractivity contribution is 0.103. The van der Waals surface area contributed by atoms with Gasteiger partial charge in [0.25, 0.3) is 5.91 Å². The second-order valence-corrected chi connectivity index (χ2v) is 7.29. The third kappa shape index (κ3) is 3.62. The van der Waals surface area contributed by atoms with E-state index in [0.717, 1.165) is 13.8 Å². The molecule has 1 aromatic carbocycles. The molecule has 3 nitrogen and oxygen atoms in total. The van der Waals surface area contributed by atoms with E-state index in [9.17, 15) is 4.79 Å². The Bertz CT molecular complexity index is 618. The summed E-state index contributed by atoms with van der Waals surface area (Å²) < 4.78 is 1.76. The number of hydrogen-bond acceptors (Lipinski definition) is 3. The van der Waals surface area contributed by atoms with Gasteiger partial charge in [0.05, 0.1) is 8.66 Å². The Kier molecular flexibility index (Phi) is 4.72. The predicted octanol–water partition coefficient (Wildman–Crippen LogP) is 4.16. The second-order valence-electron chi connectivity index (χ2n) is 3.63. The monoisotopic (exact) mass is 418 g/mol. The maximum Gasteiger partial charge on any atom is 0.265 e. The maximum absolute atomic E-state index is 12.0. The molecule has 0 atom stereocenters. The summed E-state index contributed by atoms with van der Waals surface area (Å²) in [6.45, 7) is 0. The van der Waals surface area contributed by atoms with Gasteiger partial charge < -0.3 is 11.1 Å². The average Bonchev–Trinajstić information content (AvgIpc) is 2.70. The van der Waals surface area contributed by atoms with E-state index in [-0.39, 0.29) is 5.91 Å². The van der Waals surface area contributed by atoms with E-state index in [1.54, 1.807) is 30.3 Å². The molecule has 0 bridgehead atoms. The summed E-state index contributed by atoms with van der Waals surface area (Å²) in [6, 6.07) is 8.86. The second kappa shape index (κ2) is 6.13. The highest BCUT2D eigenvalue weighted by atomic mass is 79.9. The number of thiocarbonyl (C=S) groups is 1. The normalized spacial score (nSPS) is 10.2. The average molecular weight is 420 g/mol. The van der Waals surface area contributed by atoms with Crippen LogP contribution in [0.2, 0.25) is 0 Å². The largest absolute Gasteiger partial charge is 0.389 e. The van der Waals surface area contributed by atoms with Crippen molar-refractivity contribution in [3.05, 3.63) is 49.0 Å². The van der Waals surface area contributed by atoms with Gasteiger partial charge in [-0.05, 0) is 62.2 Å². The first kappa shape index (κ1) is 14.6. The standard InChI is InChI=1S/C12H8Br2N2OS2/c13-8-5-9(19-10(8)14)12(17)16-7-3-1-6(2-4-7)11(15)18/h1-5H,(H2,15,18)(H,16,17). The van der Waals surface area contributed by atoms with Gasteiger partial charge in [-0.25, -0.2) is 0 Å². The van der Waals surface area contributed by atoms with Crippen molar-refractivity contribution in [2.45, 2.75) is 0 Å². The number of rotatable bonds is 3. The molecule has 0 saturated carbocycles. The van der Waals surface area contributed by atoms with Gasteiger partial charge >= 0.3 is 0 Å². The van der Waals surface area contributed by atoms with E-state index >= 15 is 0 Å². The highest BCUT2D eigenvalue weighted by molar-refractivity contribution is 9.13. The number of anilines is 1. The van der Waals surface area contributed by atoms with Crippen LogP contribution in [0.5, 0.6) is 0 Å². The molecule has 2 aromatic rings. The lowest BCUT2D eigenvalue weighted by atomic mass is 10.2. The number of carbonyl (C=O) groups is 1.